The molecule has 3 N–H and O–H groups in total. The number of rotatable bonds is 9. The van der Waals surface area contributed by atoms with E-state index < -0.39 is 0 Å². The van der Waals surface area contributed by atoms with Crippen molar-refractivity contribution in [3.63, 3.8) is 0 Å². The maximum absolute atomic E-state index is 6.53. The summed E-state index contributed by atoms with van der Waals surface area (Å²) in [7, 11) is 0. The standard InChI is InChI=1S/C25H32N2/c1-5-7-8-19-9-11-21-23(14-19)24-15-20(10-12-22(24)25(21)26)18(4)13-17(3)16-27-6-2/h5,9-12,14-15,18,25,27H,1,3,6-8,13,16,26H2,2,4H3. The first-order chi connectivity index (χ1) is 13.0. The second kappa shape index (κ2) is 8.69. The number of fused-ring (bicyclic) bond motifs is 3. The second-order valence-electron chi connectivity index (χ2n) is 7.71. The molecule has 1 aliphatic carbocycles. The smallest absolute Gasteiger partial charge is 0.0563 e. The molecule has 2 nitrogen and oxygen atoms in total. The number of nitrogens with two attached hydrogens (primary N) is 1. The van der Waals surface area contributed by atoms with Gasteiger partial charge >= 0.3 is 0 Å². The van der Waals surface area contributed by atoms with Crippen molar-refractivity contribution in [2.45, 2.75) is 45.1 Å². The van der Waals surface area contributed by atoms with E-state index in [4.69, 9.17) is 5.73 Å². The van der Waals surface area contributed by atoms with E-state index in [0.29, 0.717) is 5.92 Å². The Morgan fingerprint density at radius 1 is 1.19 bits per heavy atom. The van der Waals surface area contributed by atoms with Gasteiger partial charge in [0.25, 0.3) is 0 Å². The van der Waals surface area contributed by atoms with E-state index >= 15 is 0 Å². The minimum Gasteiger partial charge on any atom is -0.320 e. The predicted molar refractivity (Wildman–Crippen MR) is 117 cm³/mol. The zero-order valence-electron chi connectivity index (χ0n) is 16.7. The van der Waals surface area contributed by atoms with Crippen molar-refractivity contribution in [1.82, 2.24) is 5.32 Å². The topological polar surface area (TPSA) is 38.0 Å². The van der Waals surface area contributed by atoms with E-state index in [0.717, 1.165) is 32.4 Å². The highest BCUT2D eigenvalue weighted by Gasteiger charge is 2.26. The molecule has 27 heavy (non-hydrogen) atoms. The molecule has 0 aliphatic heterocycles. The van der Waals surface area contributed by atoms with Crippen LogP contribution in [0.4, 0.5) is 0 Å². The monoisotopic (exact) mass is 360 g/mol. The van der Waals surface area contributed by atoms with E-state index in [1.165, 1.54) is 39.0 Å². The molecular weight excluding hydrogens is 328 g/mol. The van der Waals surface area contributed by atoms with Crippen LogP contribution in [-0.2, 0) is 6.42 Å². The van der Waals surface area contributed by atoms with E-state index in [2.05, 4.69) is 68.7 Å². The van der Waals surface area contributed by atoms with Crippen LogP contribution in [0, 0.1) is 0 Å². The molecule has 0 spiro atoms. The highest BCUT2D eigenvalue weighted by Crippen LogP contribution is 2.44. The fourth-order valence-corrected chi connectivity index (χ4v) is 4.01. The fraction of sp³-hybridized carbons (Fsp3) is 0.360. The molecule has 0 heterocycles. The zero-order chi connectivity index (χ0) is 19.4. The Kier molecular flexibility index (Phi) is 6.30. The van der Waals surface area contributed by atoms with Crippen LogP contribution in [-0.4, -0.2) is 13.1 Å². The second-order valence-corrected chi connectivity index (χ2v) is 7.71. The fourth-order valence-electron chi connectivity index (χ4n) is 4.01. The molecule has 0 radical (unpaired) electrons. The van der Waals surface area contributed by atoms with Crippen LogP contribution in [0.5, 0.6) is 0 Å². The van der Waals surface area contributed by atoms with Crippen LogP contribution in [0.3, 0.4) is 0 Å². The zero-order valence-corrected chi connectivity index (χ0v) is 16.7. The van der Waals surface area contributed by atoms with Crippen molar-refractivity contribution in [2.24, 2.45) is 5.73 Å². The van der Waals surface area contributed by atoms with Gasteiger partial charge in [-0.05, 0) is 65.1 Å². The molecule has 2 aromatic rings. The Hall–Kier alpha value is -2.16. The van der Waals surface area contributed by atoms with Gasteiger partial charge < -0.3 is 11.1 Å². The van der Waals surface area contributed by atoms with Crippen LogP contribution in [0.25, 0.3) is 11.1 Å². The molecule has 0 amide bonds. The Bertz CT molecular complexity index is 834. The van der Waals surface area contributed by atoms with Gasteiger partial charge in [0.15, 0.2) is 0 Å². The van der Waals surface area contributed by atoms with Gasteiger partial charge in [0, 0.05) is 6.54 Å². The molecule has 142 valence electrons. The molecular formula is C25H32N2. The summed E-state index contributed by atoms with van der Waals surface area (Å²) in [6, 6.07) is 13.5. The van der Waals surface area contributed by atoms with Crippen molar-refractivity contribution in [3.05, 3.63) is 83.5 Å². The quantitative estimate of drug-likeness (QED) is 0.580. The summed E-state index contributed by atoms with van der Waals surface area (Å²) >= 11 is 0. The maximum atomic E-state index is 6.53. The number of likely N-dealkylation sites (N-methyl/N-ethyl adjacent to an activating group) is 1. The lowest BCUT2D eigenvalue weighted by Gasteiger charge is -2.16. The van der Waals surface area contributed by atoms with E-state index in [1.807, 2.05) is 6.08 Å². The lowest BCUT2D eigenvalue weighted by Crippen LogP contribution is -2.16. The van der Waals surface area contributed by atoms with E-state index in [9.17, 15) is 0 Å². The molecule has 2 aromatic carbocycles. The number of nitrogens with one attached hydrogen (secondary N) is 1. The number of hydrogen-bond donors (Lipinski definition) is 2. The number of hydrogen-bond acceptors (Lipinski definition) is 2. The molecule has 1 aliphatic rings. The summed E-state index contributed by atoms with van der Waals surface area (Å²) < 4.78 is 0. The molecule has 0 fully saturated rings. The van der Waals surface area contributed by atoms with Crippen LogP contribution < -0.4 is 11.1 Å². The summed E-state index contributed by atoms with van der Waals surface area (Å²) in [5, 5.41) is 3.37. The lowest BCUT2D eigenvalue weighted by molar-refractivity contribution is 0.693. The van der Waals surface area contributed by atoms with Gasteiger partial charge in [-0.2, -0.15) is 0 Å². The van der Waals surface area contributed by atoms with Gasteiger partial charge in [-0.3, -0.25) is 0 Å². The average Bonchev–Trinajstić information content (AvgIpc) is 2.96. The Morgan fingerprint density at radius 3 is 2.59 bits per heavy atom. The summed E-state index contributed by atoms with van der Waals surface area (Å²) in [5.41, 5.74) is 15.6. The van der Waals surface area contributed by atoms with E-state index in [1.54, 1.807) is 0 Å². The van der Waals surface area contributed by atoms with Gasteiger partial charge in [0.1, 0.15) is 0 Å². The van der Waals surface area contributed by atoms with Crippen molar-refractivity contribution in [2.75, 3.05) is 13.1 Å². The molecule has 0 saturated heterocycles. The molecule has 3 rings (SSSR count). The average molecular weight is 361 g/mol. The predicted octanol–water partition coefficient (Wildman–Crippen LogP) is 5.49. The SMILES string of the molecule is C=CCCc1ccc2c(c1)-c1cc(C(C)CC(=C)CNCC)ccc1C2N. The first-order valence-corrected chi connectivity index (χ1v) is 10.1. The Balaban J connectivity index is 1.86. The van der Waals surface area contributed by atoms with Crippen molar-refractivity contribution < 1.29 is 0 Å². The highest BCUT2D eigenvalue weighted by atomic mass is 14.8. The van der Waals surface area contributed by atoms with E-state index in [-0.39, 0.29) is 6.04 Å². The number of allylic oxidation sites excluding steroid dienone is 1. The summed E-state index contributed by atoms with van der Waals surface area (Å²) in [6.07, 6.45) is 5.02. The molecule has 0 saturated carbocycles. The minimum absolute atomic E-state index is 0.0171. The largest absolute Gasteiger partial charge is 0.320 e. The van der Waals surface area contributed by atoms with Crippen LogP contribution in [0.15, 0.2) is 61.2 Å². The normalized spacial score (nSPS) is 15.9. The van der Waals surface area contributed by atoms with Gasteiger partial charge in [0.05, 0.1) is 6.04 Å². The van der Waals surface area contributed by atoms with Crippen molar-refractivity contribution in [1.29, 1.82) is 0 Å². The first kappa shape index (κ1) is 19.6. The van der Waals surface area contributed by atoms with Gasteiger partial charge in [-0.15, -0.1) is 6.58 Å². The third-order valence-electron chi connectivity index (χ3n) is 5.58. The summed E-state index contributed by atoms with van der Waals surface area (Å²) in [4.78, 5) is 0. The van der Waals surface area contributed by atoms with Crippen molar-refractivity contribution in [3.8, 4) is 11.1 Å². The molecule has 2 unspecified atom stereocenters. The number of aryl methyl sites for hydroxylation is 1. The third-order valence-corrected chi connectivity index (χ3v) is 5.58. The molecule has 0 bridgehead atoms. The van der Waals surface area contributed by atoms with Gasteiger partial charge in [-0.1, -0.05) is 68.5 Å². The van der Waals surface area contributed by atoms with Gasteiger partial charge in [0.2, 0.25) is 0 Å². The Morgan fingerprint density at radius 2 is 1.89 bits per heavy atom. The molecule has 2 atom stereocenters. The van der Waals surface area contributed by atoms with Crippen LogP contribution in [0.1, 0.15) is 60.9 Å². The van der Waals surface area contributed by atoms with Gasteiger partial charge in [-0.25, -0.2) is 0 Å². The summed E-state index contributed by atoms with van der Waals surface area (Å²) in [6.45, 7) is 14.4. The van der Waals surface area contributed by atoms with Crippen molar-refractivity contribution >= 4 is 0 Å². The Labute approximate surface area is 164 Å². The maximum Gasteiger partial charge on any atom is 0.0563 e. The summed E-state index contributed by atoms with van der Waals surface area (Å²) in [5.74, 6) is 0.450. The van der Waals surface area contributed by atoms with Crippen LogP contribution >= 0.6 is 0 Å². The first-order valence-electron chi connectivity index (χ1n) is 10.1. The number of benzene rings is 2. The lowest BCUT2D eigenvalue weighted by atomic mass is 9.91. The molecule has 2 heteroatoms. The third kappa shape index (κ3) is 4.23. The highest BCUT2D eigenvalue weighted by molar-refractivity contribution is 5.79. The minimum atomic E-state index is -0.0171. The molecule has 0 aromatic heterocycles. The van der Waals surface area contributed by atoms with Crippen LogP contribution in [0.2, 0.25) is 0 Å².